The normalized spacial score (nSPS) is 12.6. The number of carbonyl (C=O) groups excluding carboxylic acids is 1. The molecule has 0 radical (unpaired) electrons. The highest BCUT2D eigenvalue weighted by atomic mass is 19.3. The summed E-state index contributed by atoms with van der Waals surface area (Å²) in [6.07, 6.45) is -5.53. The third-order valence-electron chi connectivity index (χ3n) is 1.48. The van der Waals surface area contributed by atoms with Gasteiger partial charge in [0, 0.05) is 0 Å². The molecule has 0 aliphatic rings. The van der Waals surface area contributed by atoms with Crippen LogP contribution < -0.4 is 4.74 Å². The molecule has 0 fully saturated rings. The van der Waals surface area contributed by atoms with Crippen molar-refractivity contribution in [3.05, 3.63) is 29.8 Å². The number of rotatable bonds is 4. The monoisotopic (exact) mass is 204 g/mol. The number of hydrogen-bond acceptors (Lipinski definition) is 2. The largest absolute Gasteiger partial charge is 0.454 e. The number of carbonyl (C=O) groups is 1. The number of aldehydes is 1. The summed E-state index contributed by atoms with van der Waals surface area (Å²) in [6.45, 7) is 0. The lowest BCUT2D eigenvalue weighted by Gasteiger charge is -2.11. The fourth-order valence-corrected chi connectivity index (χ4v) is 0.858. The maximum atomic E-state index is 12.4. The molecular formula is C9H7F3O2. The van der Waals surface area contributed by atoms with Crippen molar-refractivity contribution in [2.45, 2.75) is 12.8 Å². The lowest BCUT2D eigenvalue weighted by Crippen LogP contribution is -2.20. The molecule has 1 unspecified atom stereocenters. The Labute approximate surface area is 78.3 Å². The average molecular weight is 204 g/mol. The van der Waals surface area contributed by atoms with E-state index in [0.717, 1.165) is 0 Å². The molecule has 1 aromatic rings. The van der Waals surface area contributed by atoms with Crippen LogP contribution in [0.1, 0.15) is 10.4 Å². The number of para-hydroxylation sites is 1. The van der Waals surface area contributed by atoms with Crippen molar-refractivity contribution in [2.24, 2.45) is 0 Å². The summed E-state index contributed by atoms with van der Waals surface area (Å²) >= 11 is 0. The molecule has 0 spiro atoms. The van der Waals surface area contributed by atoms with Gasteiger partial charge in [-0.25, -0.2) is 8.78 Å². The Balaban J connectivity index is 2.80. The molecule has 0 heterocycles. The lowest BCUT2D eigenvalue weighted by molar-refractivity contribution is -0.0670. The van der Waals surface area contributed by atoms with Crippen LogP contribution in [0.4, 0.5) is 13.2 Å². The standard InChI is InChI=1S/C9H7F3O2/c10-8(11)9(12)14-7-4-2-1-3-6(7)5-13/h1-5,8-9H. The van der Waals surface area contributed by atoms with Crippen LogP contribution in [0.3, 0.4) is 0 Å². The molecule has 5 heteroatoms. The molecule has 1 atom stereocenters. The van der Waals surface area contributed by atoms with E-state index >= 15 is 0 Å². The third kappa shape index (κ3) is 2.48. The molecule has 0 bridgehead atoms. The highest BCUT2D eigenvalue weighted by Crippen LogP contribution is 2.19. The Hall–Kier alpha value is -1.52. The zero-order valence-corrected chi connectivity index (χ0v) is 6.99. The minimum Gasteiger partial charge on any atom is -0.454 e. The fourth-order valence-electron chi connectivity index (χ4n) is 0.858. The van der Waals surface area contributed by atoms with E-state index in [9.17, 15) is 18.0 Å². The molecular weight excluding hydrogens is 197 g/mol. The zero-order valence-electron chi connectivity index (χ0n) is 6.99. The predicted molar refractivity (Wildman–Crippen MR) is 43.4 cm³/mol. The first kappa shape index (κ1) is 10.6. The van der Waals surface area contributed by atoms with Crippen molar-refractivity contribution in [3.63, 3.8) is 0 Å². The average Bonchev–Trinajstić information content (AvgIpc) is 2.18. The van der Waals surface area contributed by atoms with Crippen LogP contribution in [0.2, 0.25) is 0 Å². The van der Waals surface area contributed by atoms with E-state index in [-0.39, 0.29) is 11.3 Å². The first-order valence-corrected chi connectivity index (χ1v) is 3.78. The van der Waals surface area contributed by atoms with Gasteiger partial charge in [-0.05, 0) is 12.1 Å². The smallest absolute Gasteiger partial charge is 0.304 e. The van der Waals surface area contributed by atoms with E-state index in [1.807, 2.05) is 0 Å². The number of hydrogen-bond donors (Lipinski definition) is 0. The fraction of sp³-hybridized carbons (Fsp3) is 0.222. The molecule has 0 saturated heterocycles. The maximum Gasteiger partial charge on any atom is 0.304 e. The van der Waals surface area contributed by atoms with Gasteiger partial charge in [0.05, 0.1) is 5.56 Å². The van der Waals surface area contributed by atoms with Gasteiger partial charge in [0.15, 0.2) is 6.29 Å². The molecule has 2 nitrogen and oxygen atoms in total. The Kier molecular flexibility index (Phi) is 3.50. The summed E-state index contributed by atoms with van der Waals surface area (Å²) in [6, 6.07) is 5.58. The molecule has 0 aliphatic heterocycles. The van der Waals surface area contributed by atoms with Crippen LogP contribution in [0.5, 0.6) is 5.75 Å². The molecule has 14 heavy (non-hydrogen) atoms. The van der Waals surface area contributed by atoms with E-state index < -0.39 is 12.8 Å². The molecule has 0 saturated carbocycles. The van der Waals surface area contributed by atoms with Crippen molar-refractivity contribution >= 4 is 6.29 Å². The number of alkyl halides is 3. The van der Waals surface area contributed by atoms with E-state index in [4.69, 9.17) is 0 Å². The highest BCUT2D eigenvalue weighted by molar-refractivity contribution is 5.79. The first-order chi connectivity index (χ1) is 6.65. The minimum atomic E-state index is -3.23. The van der Waals surface area contributed by atoms with Crippen molar-refractivity contribution in [2.75, 3.05) is 0 Å². The summed E-state index contributed by atoms with van der Waals surface area (Å²) in [5.74, 6) is -0.185. The second-order valence-corrected chi connectivity index (χ2v) is 2.46. The van der Waals surface area contributed by atoms with Crippen LogP contribution in [0, 0.1) is 0 Å². The Morgan fingerprint density at radius 2 is 1.86 bits per heavy atom. The summed E-state index contributed by atoms with van der Waals surface area (Å²) in [4.78, 5) is 10.4. The predicted octanol–water partition coefficient (Wildman–Crippen LogP) is 2.44. The van der Waals surface area contributed by atoms with Crippen LogP contribution in [-0.2, 0) is 0 Å². The van der Waals surface area contributed by atoms with Crippen LogP contribution in [-0.4, -0.2) is 19.1 Å². The van der Waals surface area contributed by atoms with Crippen molar-refractivity contribution in [3.8, 4) is 5.75 Å². The molecule has 1 rings (SSSR count). The van der Waals surface area contributed by atoms with Crippen molar-refractivity contribution < 1.29 is 22.7 Å². The molecule has 0 N–H and O–H groups in total. The Bertz CT molecular complexity index is 315. The lowest BCUT2D eigenvalue weighted by atomic mass is 10.2. The number of benzene rings is 1. The number of ether oxygens (including phenoxy) is 1. The van der Waals surface area contributed by atoms with Crippen molar-refractivity contribution in [1.29, 1.82) is 0 Å². The summed E-state index contributed by atoms with van der Waals surface area (Å²) in [5, 5.41) is 0. The molecule has 0 aliphatic carbocycles. The Morgan fingerprint density at radius 1 is 1.21 bits per heavy atom. The van der Waals surface area contributed by atoms with E-state index in [0.29, 0.717) is 6.29 Å². The summed E-state index contributed by atoms with van der Waals surface area (Å²) in [5.41, 5.74) is 0.0378. The molecule has 1 aromatic carbocycles. The topological polar surface area (TPSA) is 26.3 Å². The van der Waals surface area contributed by atoms with Gasteiger partial charge in [-0.15, -0.1) is 0 Å². The highest BCUT2D eigenvalue weighted by Gasteiger charge is 2.21. The van der Waals surface area contributed by atoms with Gasteiger partial charge in [-0.3, -0.25) is 4.79 Å². The molecule has 0 amide bonds. The second kappa shape index (κ2) is 4.64. The number of halogens is 3. The Morgan fingerprint density at radius 3 is 2.43 bits per heavy atom. The SMILES string of the molecule is O=Cc1ccccc1OC(F)C(F)F. The van der Waals surface area contributed by atoms with E-state index in [2.05, 4.69) is 4.74 Å². The quantitative estimate of drug-likeness (QED) is 0.704. The minimum absolute atomic E-state index is 0.0378. The van der Waals surface area contributed by atoms with Gasteiger partial charge in [-0.1, -0.05) is 12.1 Å². The van der Waals surface area contributed by atoms with Gasteiger partial charge in [0.25, 0.3) is 6.36 Å². The zero-order chi connectivity index (χ0) is 10.6. The van der Waals surface area contributed by atoms with Gasteiger partial charge in [0.2, 0.25) is 0 Å². The van der Waals surface area contributed by atoms with Crippen molar-refractivity contribution in [1.82, 2.24) is 0 Å². The maximum absolute atomic E-state index is 12.4. The summed E-state index contributed by atoms with van der Waals surface area (Å²) in [7, 11) is 0. The second-order valence-electron chi connectivity index (χ2n) is 2.46. The first-order valence-electron chi connectivity index (χ1n) is 3.78. The molecule has 76 valence electrons. The van der Waals surface area contributed by atoms with Crippen LogP contribution in [0.25, 0.3) is 0 Å². The van der Waals surface area contributed by atoms with Crippen LogP contribution >= 0.6 is 0 Å². The van der Waals surface area contributed by atoms with Gasteiger partial charge in [0.1, 0.15) is 5.75 Å². The summed E-state index contributed by atoms with van der Waals surface area (Å²) < 4.78 is 40.2. The van der Waals surface area contributed by atoms with Gasteiger partial charge >= 0.3 is 6.43 Å². The van der Waals surface area contributed by atoms with E-state index in [1.165, 1.54) is 24.3 Å². The van der Waals surface area contributed by atoms with Gasteiger partial charge < -0.3 is 4.74 Å². The van der Waals surface area contributed by atoms with Crippen LogP contribution in [0.15, 0.2) is 24.3 Å². The molecule has 0 aromatic heterocycles. The van der Waals surface area contributed by atoms with Gasteiger partial charge in [-0.2, -0.15) is 4.39 Å². The van der Waals surface area contributed by atoms with E-state index in [1.54, 1.807) is 0 Å². The third-order valence-corrected chi connectivity index (χ3v) is 1.48.